The van der Waals surface area contributed by atoms with Crippen LogP contribution in [0.2, 0.25) is 0 Å². The van der Waals surface area contributed by atoms with Crippen molar-refractivity contribution in [2.75, 3.05) is 6.54 Å². The highest BCUT2D eigenvalue weighted by molar-refractivity contribution is 5.97. The fourth-order valence-corrected chi connectivity index (χ4v) is 3.90. The number of likely N-dealkylation sites (tertiary alicyclic amines) is 1. The Morgan fingerprint density at radius 2 is 2.04 bits per heavy atom. The predicted molar refractivity (Wildman–Crippen MR) is 88.7 cm³/mol. The van der Waals surface area contributed by atoms with Gasteiger partial charge in [0, 0.05) is 19.5 Å². The minimum Gasteiger partial charge on any atom is -0.507 e. The van der Waals surface area contributed by atoms with Gasteiger partial charge < -0.3 is 14.6 Å². The molecule has 1 saturated heterocycles. The van der Waals surface area contributed by atoms with Gasteiger partial charge in [0.2, 0.25) is 0 Å². The normalized spacial score (nSPS) is 20.4. The number of phenols is 1. The molecule has 2 aliphatic rings. The Balaban J connectivity index is 1.68. The summed E-state index contributed by atoms with van der Waals surface area (Å²) in [6.07, 6.45) is 5.86. The number of aromatic nitrogens is 3. The van der Waals surface area contributed by atoms with Gasteiger partial charge in [-0.3, -0.25) is 4.79 Å². The summed E-state index contributed by atoms with van der Waals surface area (Å²) in [4.78, 5) is 14.5. The molecule has 1 unspecified atom stereocenters. The summed E-state index contributed by atoms with van der Waals surface area (Å²) in [6, 6.07) is 3.71. The molecule has 25 heavy (non-hydrogen) atoms. The molecule has 1 aromatic heterocycles. The summed E-state index contributed by atoms with van der Waals surface area (Å²) in [5.41, 5.74) is -0.259. The Hall–Kier alpha value is -2.44. The van der Waals surface area contributed by atoms with Gasteiger partial charge in [0.15, 0.2) is 5.82 Å². The van der Waals surface area contributed by atoms with E-state index in [0.717, 1.165) is 50.3 Å². The SMILES string of the molecule is O=C(c1c(O)cccc1F)N1CCCC1c1nnc2n1CCCCC2. The summed E-state index contributed by atoms with van der Waals surface area (Å²) < 4.78 is 16.2. The van der Waals surface area contributed by atoms with Crippen LogP contribution >= 0.6 is 0 Å². The van der Waals surface area contributed by atoms with Gasteiger partial charge in [0.05, 0.1) is 6.04 Å². The molecule has 0 spiro atoms. The molecular formula is C18H21FN4O2. The molecule has 1 fully saturated rings. The number of nitrogens with zero attached hydrogens (tertiary/aromatic N) is 4. The van der Waals surface area contributed by atoms with Crippen LogP contribution in [0.5, 0.6) is 5.75 Å². The smallest absolute Gasteiger partial charge is 0.261 e. The molecular weight excluding hydrogens is 323 g/mol. The maximum atomic E-state index is 14.1. The van der Waals surface area contributed by atoms with E-state index in [0.29, 0.717) is 6.54 Å². The third kappa shape index (κ3) is 2.77. The first-order valence-electron chi connectivity index (χ1n) is 8.87. The summed E-state index contributed by atoms with van der Waals surface area (Å²) in [5, 5.41) is 18.6. The van der Waals surface area contributed by atoms with Gasteiger partial charge in [-0.1, -0.05) is 12.5 Å². The molecule has 1 atom stereocenters. The van der Waals surface area contributed by atoms with E-state index in [1.165, 1.54) is 24.6 Å². The third-order valence-electron chi connectivity index (χ3n) is 5.16. The zero-order valence-corrected chi connectivity index (χ0v) is 14.0. The molecule has 0 aliphatic carbocycles. The molecule has 0 radical (unpaired) electrons. The Labute approximate surface area is 145 Å². The minimum atomic E-state index is -0.698. The van der Waals surface area contributed by atoms with Crippen molar-refractivity contribution in [2.45, 2.75) is 51.1 Å². The quantitative estimate of drug-likeness (QED) is 0.909. The van der Waals surface area contributed by atoms with E-state index in [9.17, 15) is 14.3 Å². The Bertz CT molecular complexity index is 784. The van der Waals surface area contributed by atoms with Gasteiger partial charge in [-0.15, -0.1) is 10.2 Å². The topological polar surface area (TPSA) is 71.2 Å². The Morgan fingerprint density at radius 3 is 2.88 bits per heavy atom. The van der Waals surface area contributed by atoms with Gasteiger partial charge in [-0.05, 0) is 37.8 Å². The lowest BCUT2D eigenvalue weighted by molar-refractivity contribution is 0.0719. The van der Waals surface area contributed by atoms with Crippen molar-refractivity contribution in [3.8, 4) is 5.75 Å². The van der Waals surface area contributed by atoms with E-state index in [4.69, 9.17) is 0 Å². The standard InChI is InChI=1S/C18H21FN4O2/c19-12-6-4-8-14(24)16(12)18(25)22-11-5-7-13(22)17-21-20-15-9-2-1-3-10-23(15)17/h4,6,8,13,24H,1-3,5,7,9-11H2. The summed E-state index contributed by atoms with van der Waals surface area (Å²) in [7, 11) is 0. The zero-order chi connectivity index (χ0) is 17.4. The first-order chi connectivity index (χ1) is 12.2. The van der Waals surface area contributed by atoms with Gasteiger partial charge in [-0.25, -0.2) is 4.39 Å². The van der Waals surface area contributed by atoms with Crippen LogP contribution in [0, 0.1) is 5.82 Å². The summed E-state index contributed by atoms with van der Waals surface area (Å²) in [5.74, 6) is 0.259. The number of aromatic hydroxyl groups is 1. The number of hydrogen-bond donors (Lipinski definition) is 1. The lowest BCUT2D eigenvalue weighted by Gasteiger charge is -2.25. The maximum absolute atomic E-state index is 14.1. The number of phenolic OH excluding ortho intramolecular Hbond substituents is 1. The zero-order valence-electron chi connectivity index (χ0n) is 14.0. The lowest BCUT2D eigenvalue weighted by atomic mass is 10.1. The first-order valence-corrected chi connectivity index (χ1v) is 8.87. The molecule has 132 valence electrons. The number of fused-ring (bicyclic) bond motifs is 1. The number of rotatable bonds is 2. The highest BCUT2D eigenvalue weighted by atomic mass is 19.1. The number of aryl methyl sites for hydroxylation is 1. The third-order valence-corrected chi connectivity index (χ3v) is 5.16. The van der Waals surface area contributed by atoms with Crippen molar-refractivity contribution in [1.29, 1.82) is 0 Å². The van der Waals surface area contributed by atoms with E-state index in [-0.39, 0.29) is 17.4 Å². The average Bonchev–Trinajstić information content (AvgIpc) is 3.15. The first kappa shape index (κ1) is 16.1. The van der Waals surface area contributed by atoms with Gasteiger partial charge in [-0.2, -0.15) is 0 Å². The number of carbonyl (C=O) groups is 1. The van der Waals surface area contributed by atoms with E-state index >= 15 is 0 Å². The molecule has 0 bridgehead atoms. The number of carbonyl (C=O) groups excluding carboxylic acids is 1. The number of hydrogen-bond acceptors (Lipinski definition) is 4. The van der Waals surface area contributed by atoms with Crippen LogP contribution in [0.25, 0.3) is 0 Å². The molecule has 1 amide bonds. The van der Waals surface area contributed by atoms with Crippen LogP contribution < -0.4 is 0 Å². The fraction of sp³-hybridized carbons (Fsp3) is 0.500. The van der Waals surface area contributed by atoms with E-state index < -0.39 is 11.7 Å². The second kappa shape index (κ2) is 6.46. The fourth-order valence-electron chi connectivity index (χ4n) is 3.90. The van der Waals surface area contributed by atoms with E-state index in [1.807, 2.05) is 0 Å². The highest BCUT2D eigenvalue weighted by Crippen LogP contribution is 2.35. The monoisotopic (exact) mass is 344 g/mol. The van der Waals surface area contributed by atoms with Gasteiger partial charge in [0.1, 0.15) is 23.0 Å². The van der Waals surface area contributed by atoms with Crippen LogP contribution in [0.4, 0.5) is 4.39 Å². The molecule has 3 heterocycles. The Morgan fingerprint density at radius 1 is 1.16 bits per heavy atom. The molecule has 6 nitrogen and oxygen atoms in total. The molecule has 2 aromatic rings. The molecule has 1 N–H and O–H groups in total. The van der Waals surface area contributed by atoms with Crippen molar-refractivity contribution in [1.82, 2.24) is 19.7 Å². The van der Waals surface area contributed by atoms with Gasteiger partial charge in [0.25, 0.3) is 5.91 Å². The highest BCUT2D eigenvalue weighted by Gasteiger charge is 2.36. The van der Waals surface area contributed by atoms with Crippen molar-refractivity contribution >= 4 is 5.91 Å². The second-order valence-electron chi connectivity index (χ2n) is 6.73. The van der Waals surface area contributed by atoms with Crippen LogP contribution in [-0.4, -0.2) is 37.2 Å². The van der Waals surface area contributed by atoms with Crippen molar-refractivity contribution in [2.24, 2.45) is 0 Å². The van der Waals surface area contributed by atoms with Crippen molar-refractivity contribution in [3.63, 3.8) is 0 Å². The van der Waals surface area contributed by atoms with E-state index in [2.05, 4.69) is 14.8 Å². The molecule has 1 aromatic carbocycles. The van der Waals surface area contributed by atoms with Crippen molar-refractivity contribution < 1.29 is 14.3 Å². The second-order valence-corrected chi connectivity index (χ2v) is 6.73. The van der Waals surface area contributed by atoms with Crippen molar-refractivity contribution in [3.05, 3.63) is 41.2 Å². The average molecular weight is 344 g/mol. The Kier molecular flexibility index (Phi) is 4.15. The van der Waals surface area contributed by atoms with Crippen LogP contribution in [0.3, 0.4) is 0 Å². The number of halogens is 1. The van der Waals surface area contributed by atoms with Crippen LogP contribution in [0.1, 0.15) is 60.2 Å². The molecule has 2 aliphatic heterocycles. The molecule has 7 heteroatoms. The van der Waals surface area contributed by atoms with Crippen LogP contribution in [0.15, 0.2) is 18.2 Å². The van der Waals surface area contributed by atoms with Gasteiger partial charge >= 0.3 is 0 Å². The van der Waals surface area contributed by atoms with E-state index in [1.54, 1.807) is 4.90 Å². The lowest BCUT2D eigenvalue weighted by Crippen LogP contribution is -2.32. The largest absolute Gasteiger partial charge is 0.507 e. The maximum Gasteiger partial charge on any atom is 0.261 e. The predicted octanol–water partition coefficient (Wildman–Crippen LogP) is 2.83. The van der Waals surface area contributed by atoms with Crippen LogP contribution in [-0.2, 0) is 13.0 Å². The number of benzene rings is 1. The molecule has 0 saturated carbocycles. The summed E-state index contributed by atoms with van der Waals surface area (Å²) >= 11 is 0. The number of amides is 1. The molecule has 4 rings (SSSR count). The minimum absolute atomic E-state index is 0.217. The summed E-state index contributed by atoms with van der Waals surface area (Å²) in [6.45, 7) is 1.39.